The highest BCUT2D eigenvalue weighted by molar-refractivity contribution is 5.53. The second-order valence-corrected chi connectivity index (χ2v) is 13.5. The van der Waals surface area contributed by atoms with Crippen molar-refractivity contribution in [3.05, 3.63) is 177 Å². The summed E-state index contributed by atoms with van der Waals surface area (Å²) < 4.78 is 0. The van der Waals surface area contributed by atoms with E-state index in [0.29, 0.717) is 12.2 Å². The Hall–Kier alpha value is -5.88. The van der Waals surface area contributed by atoms with Gasteiger partial charge in [-0.1, -0.05) is 92.7 Å². The van der Waals surface area contributed by atoms with Crippen molar-refractivity contribution in [3.63, 3.8) is 0 Å². The molecule has 0 atom stereocenters. The molecule has 0 aliphatic rings. The zero-order chi connectivity index (χ0) is 36.2. The highest BCUT2D eigenvalue weighted by atomic mass is 16.3. The van der Waals surface area contributed by atoms with Gasteiger partial charge in [0, 0.05) is 10.8 Å². The maximum absolute atomic E-state index is 9.80. The zero-order valence-corrected chi connectivity index (χ0v) is 29.0. The van der Waals surface area contributed by atoms with Crippen molar-refractivity contribution < 1.29 is 30.6 Å². The van der Waals surface area contributed by atoms with Crippen LogP contribution in [0.1, 0.15) is 70.8 Å². The number of phenols is 6. The Morgan fingerprint density at radius 3 is 1.16 bits per heavy atom. The number of rotatable bonds is 7. The summed E-state index contributed by atoms with van der Waals surface area (Å²) in [6, 6.07) is 39.2. The summed E-state index contributed by atoms with van der Waals surface area (Å²) in [5, 5.41) is 57.6. The van der Waals surface area contributed by atoms with E-state index >= 15 is 0 Å². The van der Waals surface area contributed by atoms with Crippen LogP contribution in [0.15, 0.2) is 127 Å². The highest BCUT2D eigenvalue weighted by Gasteiger charge is 2.32. The molecule has 6 rings (SSSR count). The number of hydrogen-bond acceptors (Lipinski definition) is 6. The van der Waals surface area contributed by atoms with Crippen molar-refractivity contribution in [1.29, 1.82) is 0 Å². The van der Waals surface area contributed by atoms with Crippen LogP contribution in [-0.2, 0) is 17.3 Å². The summed E-state index contributed by atoms with van der Waals surface area (Å²) in [4.78, 5) is 0. The summed E-state index contributed by atoms with van der Waals surface area (Å²) >= 11 is 0. The molecule has 0 radical (unpaired) electrons. The SMILES string of the molecule is CC(C)(c1ccc(O)cc1)c1ccc(C(C)(c2ccc(O)cc2)c2ccc(O)cc2)cc1.Cc1cc(Cc2ccc(O)c(O)c2)cc(C)c1O. The number of aryl methyl sites for hydroxylation is 2. The van der Waals surface area contributed by atoms with Gasteiger partial charge in [0.05, 0.1) is 0 Å². The molecule has 0 amide bonds. The Bertz CT molecular complexity index is 1990. The van der Waals surface area contributed by atoms with Gasteiger partial charge in [0.1, 0.15) is 23.0 Å². The Morgan fingerprint density at radius 1 is 0.400 bits per heavy atom. The van der Waals surface area contributed by atoms with Crippen LogP contribution >= 0.6 is 0 Å². The molecule has 6 nitrogen and oxygen atoms in total. The molecular formula is C44H44O6. The van der Waals surface area contributed by atoms with E-state index in [9.17, 15) is 30.6 Å². The molecule has 50 heavy (non-hydrogen) atoms. The van der Waals surface area contributed by atoms with Crippen LogP contribution in [-0.4, -0.2) is 30.6 Å². The van der Waals surface area contributed by atoms with Gasteiger partial charge in [0.2, 0.25) is 0 Å². The van der Waals surface area contributed by atoms with Gasteiger partial charge in [-0.25, -0.2) is 0 Å². The zero-order valence-electron chi connectivity index (χ0n) is 29.0. The monoisotopic (exact) mass is 668 g/mol. The molecule has 0 aliphatic carbocycles. The molecule has 0 spiro atoms. The van der Waals surface area contributed by atoms with Crippen LogP contribution in [0.3, 0.4) is 0 Å². The Balaban J connectivity index is 0.000000228. The number of hydrogen-bond donors (Lipinski definition) is 6. The second kappa shape index (κ2) is 14.3. The average molecular weight is 669 g/mol. The largest absolute Gasteiger partial charge is 0.508 e. The van der Waals surface area contributed by atoms with Gasteiger partial charge >= 0.3 is 0 Å². The minimum absolute atomic E-state index is 0.111. The first-order valence-electron chi connectivity index (χ1n) is 16.5. The number of phenolic OH excluding ortho intramolecular Hbond substituents is 6. The van der Waals surface area contributed by atoms with Crippen molar-refractivity contribution in [2.45, 2.75) is 51.9 Å². The van der Waals surface area contributed by atoms with E-state index in [1.54, 1.807) is 48.5 Å². The van der Waals surface area contributed by atoms with Crippen LogP contribution in [0.2, 0.25) is 0 Å². The molecule has 0 aromatic heterocycles. The molecular weight excluding hydrogens is 624 g/mol. The van der Waals surface area contributed by atoms with Crippen molar-refractivity contribution >= 4 is 0 Å². The van der Waals surface area contributed by atoms with Crippen molar-refractivity contribution in [2.75, 3.05) is 0 Å². The molecule has 0 fully saturated rings. The Kier molecular flexibility index (Phi) is 10.1. The van der Waals surface area contributed by atoms with Gasteiger partial charge in [-0.15, -0.1) is 0 Å². The molecule has 6 N–H and O–H groups in total. The third-order valence-corrected chi connectivity index (χ3v) is 9.66. The molecule has 0 heterocycles. The third kappa shape index (κ3) is 7.55. The summed E-state index contributed by atoms with van der Waals surface area (Å²) in [6.07, 6.45) is 0.649. The quantitative estimate of drug-likeness (QED) is 0.0745. The maximum Gasteiger partial charge on any atom is 0.157 e. The summed E-state index contributed by atoms with van der Waals surface area (Å²) in [5.41, 5.74) is 8.47. The van der Waals surface area contributed by atoms with Gasteiger partial charge < -0.3 is 30.6 Å². The number of benzene rings is 6. The van der Waals surface area contributed by atoms with E-state index in [2.05, 4.69) is 45.0 Å². The third-order valence-electron chi connectivity index (χ3n) is 9.66. The van der Waals surface area contributed by atoms with E-state index in [4.69, 9.17) is 0 Å². The average Bonchev–Trinajstić information content (AvgIpc) is 3.09. The van der Waals surface area contributed by atoms with Gasteiger partial charge in [-0.3, -0.25) is 0 Å². The van der Waals surface area contributed by atoms with Crippen molar-refractivity contribution in [2.24, 2.45) is 0 Å². The van der Waals surface area contributed by atoms with E-state index in [1.165, 1.54) is 11.6 Å². The summed E-state index contributed by atoms with van der Waals surface area (Å²) in [5.74, 6) is 0.822. The molecule has 6 aromatic carbocycles. The van der Waals surface area contributed by atoms with E-state index < -0.39 is 5.41 Å². The smallest absolute Gasteiger partial charge is 0.157 e. The molecule has 256 valence electrons. The van der Waals surface area contributed by atoms with Crippen molar-refractivity contribution in [1.82, 2.24) is 0 Å². The van der Waals surface area contributed by atoms with Crippen LogP contribution in [0.25, 0.3) is 0 Å². The van der Waals surface area contributed by atoms with E-state index in [1.807, 2.05) is 62.4 Å². The molecule has 0 unspecified atom stereocenters. The minimum Gasteiger partial charge on any atom is -0.508 e. The predicted octanol–water partition coefficient (Wildman–Crippen LogP) is 9.49. The predicted molar refractivity (Wildman–Crippen MR) is 199 cm³/mol. The summed E-state index contributed by atoms with van der Waals surface area (Å²) in [7, 11) is 0. The van der Waals surface area contributed by atoms with Gasteiger partial charge in [0.25, 0.3) is 0 Å². The molecule has 6 aromatic rings. The lowest BCUT2D eigenvalue weighted by atomic mass is 9.70. The maximum atomic E-state index is 9.80. The molecule has 0 aliphatic heterocycles. The Morgan fingerprint density at radius 2 is 0.760 bits per heavy atom. The molecule has 6 heteroatoms. The number of aromatic hydroxyl groups is 6. The normalized spacial score (nSPS) is 11.5. The van der Waals surface area contributed by atoms with Crippen LogP contribution in [0.5, 0.6) is 34.5 Å². The second-order valence-electron chi connectivity index (χ2n) is 13.5. The standard InChI is InChI=1S/C29H28O3.C15H16O3/c1-28(2,21-8-14-25(30)15-9-21)20-4-6-22(7-5-20)29(3,23-10-16-26(31)17-11-23)24-12-18-27(32)19-13-24;1-9-5-12(6-10(2)15(9)18)7-11-3-4-13(16)14(17)8-11/h4-19,30-32H,1-3H3;3-6,8,16-18H,7H2,1-2H3. The van der Waals surface area contributed by atoms with Crippen LogP contribution in [0, 0.1) is 13.8 Å². The van der Waals surface area contributed by atoms with Gasteiger partial charge in [-0.05, 0) is 126 Å². The van der Waals surface area contributed by atoms with Crippen molar-refractivity contribution in [3.8, 4) is 34.5 Å². The lowest BCUT2D eigenvalue weighted by molar-refractivity contribution is 0.403. The highest BCUT2D eigenvalue weighted by Crippen LogP contribution is 2.41. The minimum atomic E-state index is -0.470. The van der Waals surface area contributed by atoms with E-state index in [0.717, 1.165) is 44.5 Å². The van der Waals surface area contributed by atoms with Gasteiger partial charge in [0.15, 0.2) is 11.5 Å². The lowest BCUT2D eigenvalue weighted by Gasteiger charge is -2.33. The summed E-state index contributed by atoms with van der Waals surface area (Å²) in [6.45, 7) is 10.2. The molecule has 0 saturated heterocycles. The molecule has 0 bridgehead atoms. The first kappa shape index (κ1) is 35.4. The van der Waals surface area contributed by atoms with Crippen LogP contribution < -0.4 is 0 Å². The first-order chi connectivity index (χ1) is 23.7. The molecule has 0 saturated carbocycles. The lowest BCUT2D eigenvalue weighted by Crippen LogP contribution is -2.26. The Labute approximate surface area is 293 Å². The van der Waals surface area contributed by atoms with E-state index in [-0.39, 0.29) is 34.2 Å². The fourth-order valence-corrected chi connectivity index (χ4v) is 6.42. The van der Waals surface area contributed by atoms with Crippen LogP contribution in [0.4, 0.5) is 0 Å². The fourth-order valence-electron chi connectivity index (χ4n) is 6.42. The van der Waals surface area contributed by atoms with Gasteiger partial charge in [-0.2, -0.15) is 0 Å². The first-order valence-corrected chi connectivity index (χ1v) is 16.5. The fraction of sp³-hybridized carbons (Fsp3) is 0.182. The topological polar surface area (TPSA) is 121 Å².